The molecule has 0 atom stereocenters. The topological polar surface area (TPSA) is 81.7 Å². The molecule has 0 unspecified atom stereocenters. The van der Waals surface area contributed by atoms with Gasteiger partial charge in [0.25, 0.3) is 5.91 Å². The fourth-order valence-corrected chi connectivity index (χ4v) is 4.17. The lowest BCUT2D eigenvalue weighted by atomic mass is 10.2. The van der Waals surface area contributed by atoms with Crippen LogP contribution in [0.3, 0.4) is 0 Å². The second kappa shape index (κ2) is 7.67. The lowest BCUT2D eigenvalue weighted by Gasteiger charge is -2.11. The number of benzene rings is 2. The van der Waals surface area contributed by atoms with Crippen molar-refractivity contribution in [1.29, 1.82) is 0 Å². The number of carbonyl (C=O) groups excluding carboxylic acids is 1. The second-order valence-electron chi connectivity index (χ2n) is 5.25. The third kappa shape index (κ3) is 4.46. The number of thioether (sulfide) groups is 1. The Hall–Kier alpha value is -2.43. The van der Waals surface area contributed by atoms with Crippen molar-refractivity contribution in [2.45, 2.75) is 4.90 Å². The molecule has 10 heteroatoms. The van der Waals surface area contributed by atoms with Gasteiger partial charge in [0.1, 0.15) is 15.0 Å². The molecule has 1 amide bonds. The number of nitrogens with one attached hydrogen (secondary N) is 1. The highest BCUT2D eigenvalue weighted by Gasteiger charge is 2.23. The zero-order valence-corrected chi connectivity index (χ0v) is 16.2. The molecule has 27 heavy (non-hydrogen) atoms. The van der Waals surface area contributed by atoms with Crippen LogP contribution in [-0.4, -0.2) is 25.8 Å². The number of thiocarbonyl (C=S) groups is 1. The molecular weight excluding hydrogens is 413 g/mol. The van der Waals surface area contributed by atoms with Crippen LogP contribution in [0.1, 0.15) is 5.56 Å². The molecule has 2 aromatic rings. The Bertz CT molecular complexity index is 1050. The van der Waals surface area contributed by atoms with Crippen LogP contribution in [0.15, 0.2) is 52.3 Å². The third-order valence-electron chi connectivity index (χ3n) is 3.43. The first-order valence-electron chi connectivity index (χ1n) is 7.41. The molecule has 3 rings (SSSR count). The first-order valence-corrected chi connectivity index (χ1v) is 10.0. The van der Waals surface area contributed by atoms with E-state index in [4.69, 9.17) is 21.1 Å². The van der Waals surface area contributed by atoms with Gasteiger partial charge in [-0.3, -0.25) is 4.79 Å². The van der Waals surface area contributed by atoms with Gasteiger partial charge in [0.05, 0.1) is 12.0 Å². The molecule has 2 aromatic carbocycles. The maximum Gasteiger partial charge on any atom is 0.339 e. The number of carbonyl (C=O) groups is 1. The van der Waals surface area contributed by atoms with Crippen molar-refractivity contribution < 1.29 is 26.5 Å². The van der Waals surface area contributed by atoms with E-state index < -0.39 is 15.9 Å². The van der Waals surface area contributed by atoms with Gasteiger partial charge in [-0.25, -0.2) is 4.39 Å². The van der Waals surface area contributed by atoms with E-state index in [0.717, 1.165) is 36.0 Å². The van der Waals surface area contributed by atoms with Crippen molar-refractivity contribution in [3.05, 3.63) is 58.8 Å². The Kier molecular flexibility index (Phi) is 5.49. The highest BCUT2D eigenvalue weighted by atomic mass is 32.2. The van der Waals surface area contributed by atoms with Crippen LogP contribution < -0.4 is 14.2 Å². The Morgan fingerprint density at radius 3 is 2.44 bits per heavy atom. The van der Waals surface area contributed by atoms with E-state index in [1.54, 1.807) is 12.1 Å². The number of rotatable bonds is 5. The zero-order valence-electron chi connectivity index (χ0n) is 13.8. The van der Waals surface area contributed by atoms with Crippen LogP contribution in [0.5, 0.6) is 11.5 Å². The Labute approximate surface area is 164 Å². The van der Waals surface area contributed by atoms with Crippen molar-refractivity contribution in [3.63, 3.8) is 0 Å². The van der Waals surface area contributed by atoms with Gasteiger partial charge >= 0.3 is 10.1 Å². The van der Waals surface area contributed by atoms with Crippen LogP contribution in [0.4, 0.5) is 4.39 Å². The van der Waals surface area contributed by atoms with E-state index in [1.165, 1.54) is 19.2 Å². The molecule has 1 heterocycles. The monoisotopic (exact) mass is 425 g/mol. The van der Waals surface area contributed by atoms with Crippen LogP contribution in [0.2, 0.25) is 0 Å². The van der Waals surface area contributed by atoms with Gasteiger partial charge in [-0.2, -0.15) is 8.42 Å². The molecule has 0 aromatic heterocycles. The minimum atomic E-state index is -4.16. The van der Waals surface area contributed by atoms with Crippen LogP contribution in [0, 0.1) is 5.82 Å². The zero-order chi connectivity index (χ0) is 19.6. The standard InChI is InChI=1S/C17H12FNO5S3/c1-23-14-8-10(9-15-16(20)19-17(25)26-15)2-7-13(14)24-27(21,22)12-5-3-11(18)4-6-12/h2-9H,1H3,(H,19,20,25)/b15-9-. The summed E-state index contributed by atoms with van der Waals surface area (Å²) in [6, 6.07) is 8.76. The summed E-state index contributed by atoms with van der Waals surface area (Å²) in [6.45, 7) is 0. The first kappa shape index (κ1) is 19.3. The summed E-state index contributed by atoms with van der Waals surface area (Å²) in [5.74, 6) is -0.746. The molecule has 1 saturated heterocycles. The number of hydrogen-bond acceptors (Lipinski definition) is 7. The average molecular weight is 425 g/mol. The van der Waals surface area contributed by atoms with Gasteiger partial charge in [-0.15, -0.1) is 0 Å². The van der Waals surface area contributed by atoms with Crippen LogP contribution >= 0.6 is 24.0 Å². The fourth-order valence-electron chi connectivity index (χ4n) is 2.18. The van der Waals surface area contributed by atoms with Gasteiger partial charge in [0, 0.05) is 0 Å². The number of ether oxygens (including phenoxy) is 1. The van der Waals surface area contributed by atoms with Gasteiger partial charge < -0.3 is 14.2 Å². The minimum absolute atomic E-state index is 0.0389. The maximum absolute atomic E-state index is 13.0. The largest absolute Gasteiger partial charge is 0.493 e. The van der Waals surface area contributed by atoms with Crippen molar-refractivity contribution in [2.75, 3.05) is 7.11 Å². The average Bonchev–Trinajstić information content (AvgIpc) is 2.93. The highest BCUT2D eigenvalue weighted by molar-refractivity contribution is 8.26. The lowest BCUT2D eigenvalue weighted by Crippen LogP contribution is -2.17. The summed E-state index contributed by atoms with van der Waals surface area (Å²) in [6.07, 6.45) is 1.60. The molecule has 0 radical (unpaired) electrons. The van der Waals surface area contributed by atoms with Gasteiger partial charge in [-0.05, 0) is 48.0 Å². The quantitative estimate of drug-likeness (QED) is 0.448. The summed E-state index contributed by atoms with van der Waals surface area (Å²) >= 11 is 6.06. The van der Waals surface area contributed by atoms with Gasteiger partial charge in [0.15, 0.2) is 11.5 Å². The molecule has 0 bridgehead atoms. The molecule has 0 spiro atoms. The molecule has 0 aliphatic carbocycles. The molecule has 1 aliphatic heterocycles. The summed E-state index contributed by atoms with van der Waals surface area (Å²) in [7, 11) is -2.80. The van der Waals surface area contributed by atoms with Crippen molar-refractivity contribution in [1.82, 2.24) is 5.32 Å². The number of halogens is 1. The van der Waals surface area contributed by atoms with Crippen molar-refractivity contribution >= 4 is 50.4 Å². The summed E-state index contributed by atoms with van der Waals surface area (Å²) in [5.41, 5.74) is 0.598. The molecular formula is C17H12FNO5S3. The van der Waals surface area contributed by atoms with Gasteiger partial charge in [-0.1, -0.05) is 30.0 Å². The summed E-state index contributed by atoms with van der Waals surface area (Å²) in [4.78, 5) is 12.0. The predicted octanol–water partition coefficient (Wildman–Crippen LogP) is 3.09. The van der Waals surface area contributed by atoms with Crippen molar-refractivity contribution in [3.8, 4) is 11.5 Å². The number of amides is 1. The molecule has 1 N–H and O–H groups in total. The lowest BCUT2D eigenvalue weighted by molar-refractivity contribution is -0.115. The SMILES string of the molecule is COc1cc(/C=C2\SC(=S)NC2=O)ccc1OS(=O)(=O)c1ccc(F)cc1. The fraction of sp³-hybridized carbons (Fsp3) is 0.0588. The molecule has 1 aliphatic rings. The highest BCUT2D eigenvalue weighted by Crippen LogP contribution is 2.33. The minimum Gasteiger partial charge on any atom is -0.493 e. The van der Waals surface area contributed by atoms with E-state index >= 15 is 0 Å². The van der Waals surface area contributed by atoms with E-state index in [9.17, 15) is 17.6 Å². The molecule has 140 valence electrons. The molecule has 1 fully saturated rings. The van der Waals surface area contributed by atoms with E-state index in [0.29, 0.717) is 14.8 Å². The summed E-state index contributed by atoms with van der Waals surface area (Å²) < 4.78 is 48.3. The first-order chi connectivity index (χ1) is 12.8. The number of hydrogen-bond donors (Lipinski definition) is 1. The van der Waals surface area contributed by atoms with Crippen LogP contribution in [-0.2, 0) is 14.9 Å². The Morgan fingerprint density at radius 1 is 1.15 bits per heavy atom. The van der Waals surface area contributed by atoms with E-state index in [-0.39, 0.29) is 22.3 Å². The molecule has 0 saturated carbocycles. The normalized spacial score (nSPS) is 15.7. The Balaban J connectivity index is 1.89. The number of methoxy groups -OCH3 is 1. The third-order valence-corrected chi connectivity index (χ3v) is 5.84. The van der Waals surface area contributed by atoms with Crippen molar-refractivity contribution in [2.24, 2.45) is 0 Å². The van der Waals surface area contributed by atoms with E-state index in [1.807, 2.05) is 0 Å². The predicted molar refractivity (Wildman–Crippen MR) is 104 cm³/mol. The van der Waals surface area contributed by atoms with E-state index in [2.05, 4.69) is 5.32 Å². The maximum atomic E-state index is 13.0. The second-order valence-corrected chi connectivity index (χ2v) is 8.52. The van der Waals surface area contributed by atoms with Crippen LogP contribution in [0.25, 0.3) is 6.08 Å². The van der Waals surface area contributed by atoms with Gasteiger partial charge in [0.2, 0.25) is 0 Å². The molecule has 6 nitrogen and oxygen atoms in total. The smallest absolute Gasteiger partial charge is 0.339 e. The Morgan fingerprint density at radius 2 is 1.85 bits per heavy atom. The summed E-state index contributed by atoms with van der Waals surface area (Å²) in [5, 5.41) is 2.51.